The van der Waals surface area contributed by atoms with E-state index < -0.39 is 12.2 Å². The van der Waals surface area contributed by atoms with E-state index in [1.54, 1.807) is 6.07 Å². The zero-order valence-corrected chi connectivity index (χ0v) is 15.4. The Balaban J connectivity index is 1.44. The number of amides is 1. The Morgan fingerprint density at radius 1 is 1.37 bits per heavy atom. The second-order valence-corrected chi connectivity index (χ2v) is 8.00. The number of rotatable bonds is 5. The quantitative estimate of drug-likeness (QED) is 0.818. The second kappa shape index (κ2) is 7.00. The number of nitrogens with zero attached hydrogens (tertiary/aromatic N) is 3. The van der Waals surface area contributed by atoms with Gasteiger partial charge in [-0.2, -0.15) is 18.3 Å². The first-order valence-corrected chi connectivity index (χ1v) is 9.78. The maximum Gasteiger partial charge on any atom is 0.410 e. The van der Waals surface area contributed by atoms with Gasteiger partial charge in [0.15, 0.2) is 6.04 Å². The number of aromatic nitrogens is 2. The first-order chi connectivity index (χ1) is 12.8. The number of likely N-dealkylation sites (tertiary alicyclic amines) is 1. The van der Waals surface area contributed by atoms with Crippen LogP contribution in [0.3, 0.4) is 0 Å². The van der Waals surface area contributed by atoms with Gasteiger partial charge in [-0.25, -0.2) is 4.68 Å². The lowest BCUT2D eigenvalue weighted by Crippen LogP contribution is -2.38. The molecule has 1 saturated carbocycles. The number of fused-ring (bicyclic) bond motifs is 1. The van der Waals surface area contributed by atoms with E-state index in [-0.39, 0.29) is 24.3 Å². The Labute approximate surface area is 156 Å². The molecule has 0 spiro atoms. The van der Waals surface area contributed by atoms with Crippen LogP contribution in [0.25, 0.3) is 0 Å². The van der Waals surface area contributed by atoms with Crippen molar-refractivity contribution in [3.8, 4) is 0 Å². The summed E-state index contributed by atoms with van der Waals surface area (Å²) in [6.07, 6.45) is -0.745. The summed E-state index contributed by atoms with van der Waals surface area (Å²) in [6.45, 7) is 3.66. The fraction of sp³-hybridized carbons (Fsp3) is 0.778. The zero-order valence-electron chi connectivity index (χ0n) is 15.4. The molecule has 6 nitrogen and oxygen atoms in total. The van der Waals surface area contributed by atoms with Crippen molar-refractivity contribution in [2.24, 2.45) is 0 Å². The molecule has 3 atom stereocenters. The van der Waals surface area contributed by atoms with Gasteiger partial charge in [0, 0.05) is 30.6 Å². The summed E-state index contributed by atoms with van der Waals surface area (Å²) in [6, 6.07) is 0.334. The van der Waals surface area contributed by atoms with Crippen LogP contribution in [0.15, 0.2) is 6.07 Å². The first-order valence-electron chi connectivity index (χ1n) is 9.78. The van der Waals surface area contributed by atoms with E-state index in [0.717, 1.165) is 30.5 Å². The van der Waals surface area contributed by atoms with E-state index in [9.17, 15) is 18.0 Å². The molecule has 27 heavy (non-hydrogen) atoms. The molecule has 2 fully saturated rings. The molecule has 1 aliphatic carbocycles. The summed E-state index contributed by atoms with van der Waals surface area (Å²) in [7, 11) is 0. The maximum absolute atomic E-state index is 13.5. The van der Waals surface area contributed by atoms with Crippen molar-refractivity contribution < 1.29 is 18.0 Å². The van der Waals surface area contributed by atoms with Crippen molar-refractivity contribution in [1.82, 2.24) is 20.0 Å². The minimum absolute atomic E-state index is 0.00620. The number of anilines is 1. The molecular formula is C18H26F3N5O. The van der Waals surface area contributed by atoms with Crippen LogP contribution in [0, 0.1) is 0 Å². The third-order valence-corrected chi connectivity index (χ3v) is 5.78. The maximum atomic E-state index is 13.5. The molecule has 4 rings (SSSR count). The van der Waals surface area contributed by atoms with Gasteiger partial charge in [-0.3, -0.25) is 9.69 Å². The highest BCUT2D eigenvalue weighted by Gasteiger charge is 2.46. The second-order valence-electron chi connectivity index (χ2n) is 8.00. The molecule has 0 radical (unpaired) electrons. The number of alkyl halides is 3. The van der Waals surface area contributed by atoms with Crippen LogP contribution in [0.4, 0.5) is 19.0 Å². The van der Waals surface area contributed by atoms with Gasteiger partial charge < -0.3 is 10.6 Å². The highest BCUT2D eigenvalue weighted by molar-refractivity contribution is 5.78. The number of nitrogens with one attached hydrogen (secondary N) is 2. The molecule has 0 unspecified atom stereocenters. The molecule has 1 aromatic heterocycles. The van der Waals surface area contributed by atoms with Crippen molar-refractivity contribution in [3.63, 3.8) is 0 Å². The van der Waals surface area contributed by atoms with Crippen LogP contribution >= 0.6 is 0 Å². The Hall–Kier alpha value is -1.77. The van der Waals surface area contributed by atoms with Crippen LogP contribution in [-0.2, 0) is 4.79 Å². The summed E-state index contributed by atoms with van der Waals surface area (Å²) < 4.78 is 41.6. The topological polar surface area (TPSA) is 62.2 Å². The highest BCUT2D eigenvalue weighted by atomic mass is 19.4. The third kappa shape index (κ3) is 4.07. The first kappa shape index (κ1) is 18.6. The highest BCUT2D eigenvalue weighted by Crippen LogP contribution is 2.41. The van der Waals surface area contributed by atoms with Gasteiger partial charge in [-0.15, -0.1) is 0 Å². The third-order valence-electron chi connectivity index (χ3n) is 5.78. The van der Waals surface area contributed by atoms with Gasteiger partial charge in [-0.05, 0) is 38.6 Å². The summed E-state index contributed by atoms with van der Waals surface area (Å²) in [4.78, 5) is 14.0. The van der Waals surface area contributed by atoms with Gasteiger partial charge in [0.1, 0.15) is 5.82 Å². The lowest BCUT2D eigenvalue weighted by Gasteiger charge is -2.32. The summed E-state index contributed by atoms with van der Waals surface area (Å²) in [5, 5.41) is 10.5. The number of carbonyl (C=O) groups excluding carboxylic acids is 1. The Morgan fingerprint density at radius 3 is 2.81 bits per heavy atom. The fourth-order valence-corrected chi connectivity index (χ4v) is 4.06. The van der Waals surface area contributed by atoms with E-state index >= 15 is 0 Å². The van der Waals surface area contributed by atoms with Crippen LogP contribution in [-0.4, -0.2) is 58.5 Å². The molecule has 150 valence electrons. The SMILES string of the molecule is CC[C@@H]1C[C@H](C(F)(F)F)n2nc([C@H]3CCN(CC(=O)NC4CC4)C3)cc2N1. The smallest absolute Gasteiger partial charge is 0.367 e. The number of hydrogen-bond donors (Lipinski definition) is 2. The largest absolute Gasteiger partial charge is 0.410 e. The van der Waals surface area contributed by atoms with E-state index in [4.69, 9.17) is 0 Å². The monoisotopic (exact) mass is 385 g/mol. The van der Waals surface area contributed by atoms with E-state index in [2.05, 4.69) is 20.6 Å². The molecule has 3 heterocycles. The molecule has 2 aliphatic heterocycles. The standard InChI is InChI=1S/C18H26F3N5O/c1-2-12-7-15(18(19,20)21)26-16(22-12)8-14(24-26)11-5-6-25(9-11)10-17(27)23-13-3-4-13/h8,11-13,15,22H,2-7,9-10H2,1H3,(H,23,27)/t11-,12+,15+/m0/s1. The average Bonchev–Trinajstić information content (AvgIpc) is 3.12. The average molecular weight is 385 g/mol. The molecule has 1 amide bonds. The van der Waals surface area contributed by atoms with Crippen LogP contribution in [0.2, 0.25) is 0 Å². The minimum Gasteiger partial charge on any atom is -0.367 e. The molecule has 1 aromatic rings. The van der Waals surface area contributed by atoms with Gasteiger partial charge in [-0.1, -0.05) is 6.92 Å². The number of halogens is 3. The zero-order chi connectivity index (χ0) is 19.2. The number of hydrogen-bond acceptors (Lipinski definition) is 4. The Kier molecular flexibility index (Phi) is 4.82. The van der Waals surface area contributed by atoms with E-state index in [0.29, 0.717) is 37.1 Å². The predicted octanol–water partition coefficient (Wildman–Crippen LogP) is 2.65. The normalized spacial score (nSPS) is 28.7. The van der Waals surface area contributed by atoms with Crippen molar-refractivity contribution >= 4 is 11.7 Å². The van der Waals surface area contributed by atoms with Crippen molar-refractivity contribution in [2.45, 2.75) is 69.2 Å². The summed E-state index contributed by atoms with van der Waals surface area (Å²) in [5.41, 5.74) is 0.689. The van der Waals surface area contributed by atoms with Crippen LogP contribution in [0.1, 0.15) is 56.7 Å². The molecule has 0 aromatic carbocycles. The van der Waals surface area contributed by atoms with Crippen molar-refractivity contribution in [2.75, 3.05) is 25.0 Å². The van der Waals surface area contributed by atoms with Crippen LogP contribution in [0.5, 0.6) is 0 Å². The molecular weight excluding hydrogens is 359 g/mol. The van der Waals surface area contributed by atoms with Gasteiger partial charge in [0.05, 0.1) is 12.2 Å². The lowest BCUT2D eigenvalue weighted by atomic mass is 10.0. The molecule has 9 heteroatoms. The van der Waals surface area contributed by atoms with E-state index in [1.807, 2.05) is 6.92 Å². The predicted molar refractivity (Wildman–Crippen MR) is 94.6 cm³/mol. The fourth-order valence-electron chi connectivity index (χ4n) is 4.06. The molecule has 1 saturated heterocycles. The Bertz CT molecular complexity index is 700. The molecule has 3 aliphatic rings. The van der Waals surface area contributed by atoms with E-state index in [1.165, 1.54) is 0 Å². The molecule has 2 N–H and O–H groups in total. The lowest BCUT2D eigenvalue weighted by molar-refractivity contribution is -0.173. The summed E-state index contributed by atoms with van der Waals surface area (Å²) in [5.74, 6) is 0.551. The van der Waals surface area contributed by atoms with Gasteiger partial charge >= 0.3 is 6.18 Å². The molecule has 0 bridgehead atoms. The van der Waals surface area contributed by atoms with Crippen LogP contribution < -0.4 is 10.6 Å². The Morgan fingerprint density at radius 2 is 2.15 bits per heavy atom. The van der Waals surface area contributed by atoms with Crippen molar-refractivity contribution in [1.29, 1.82) is 0 Å². The summed E-state index contributed by atoms with van der Waals surface area (Å²) >= 11 is 0. The van der Waals surface area contributed by atoms with Gasteiger partial charge in [0.25, 0.3) is 0 Å². The van der Waals surface area contributed by atoms with Crippen molar-refractivity contribution in [3.05, 3.63) is 11.8 Å². The number of carbonyl (C=O) groups is 1. The van der Waals surface area contributed by atoms with Gasteiger partial charge in [0.2, 0.25) is 5.91 Å². The minimum atomic E-state index is -4.31.